The molecular weight excluding hydrogens is 238 g/mol. The zero-order valence-electron chi connectivity index (χ0n) is 9.55. The number of benzene rings is 1. The number of amides is 1. The Morgan fingerprint density at radius 1 is 1.39 bits per heavy atom. The van der Waals surface area contributed by atoms with E-state index in [1.165, 1.54) is 18.2 Å². The summed E-state index contributed by atoms with van der Waals surface area (Å²) in [5.41, 5.74) is 0.0749. The van der Waals surface area contributed by atoms with Crippen molar-refractivity contribution in [3.63, 3.8) is 0 Å². The van der Waals surface area contributed by atoms with Crippen molar-refractivity contribution in [2.45, 2.75) is 18.9 Å². The topological polar surface area (TPSA) is 95.9 Å². The number of aromatic carboxylic acids is 1. The zero-order chi connectivity index (χ0) is 13.1. The van der Waals surface area contributed by atoms with Crippen LogP contribution in [0.25, 0.3) is 0 Å². The summed E-state index contributed by atoms with van der Waals surface area (Å²) in [6.07, 6.45) is 0.919. The van der Waals surface area contributed by atoms with Crippen molar-refractivity contribution < 1.29 is 24.5 Å². The molecule has 96 valence electrons. The van der Waals surface area contributed by atoms with Gasteiger partial charge in [0.15, 0.2) is 0 Å². The van der Waals surface area contributed by atoms with Crippen molar-refractivity contribution in [3.05, 3.63) is 23.8 Å². The summed E-state index contributed by atoms with van der Waals surface area (Å²) in [6.45, 7) is 0.541. The smallest absolute Gasteiger partial charge is 0.335 e. The Labute approximate surface area is 103 Å². The highest BCUT2D eigenvalue weighted by molar-refractivity contribution is 5.97. The fourth-order valence-electron chi connectivity index (χ4n) is 1.77. The first-order chi connectivity index (χ1) is 8.58. The van der Waals surface area contributed by atoms with E-state index < -0.39 is 12.1 Å². The van der Waals surface area contributed by atoms with Gasteiger partial charge in [-0.05, 0) is 31.0 Å². The maximum absolute atomic E-state index is 11.8. The Bertz CT molecular complexity index is 479. The van der Waals surface area contributed by atoms with Gasteiger partial charge in [0.25, 0.3) is 5.91 Å². The van der Waals surface area contributed by atoms with E-state index in [-0.39, 0.29) is 22.9 Å². The first kappa shape index (κ1) is 12.4. The van der Waals surface area contributed by atoms with Crippen LogP contribution in [0.5, 0.6) is 5.75 Å². The molecule has 18 heavy (non-hydrogen) atoms. The number of carbonyl (C=O) groups is 2. The summed E-state index contributed by atoms with van der Waals surface area (Å²) in [7, 11) is 0. The molecule has 3 N–H and O–H groups in total. The van der Waals surface area contributed by atoms with Crippen LogP contribution >= 0.6 is 0 Å². The van der Waals surface area contributed by atoms with E-state index in [9.17, 15) is 14.7 Å². The van der Waals surface area contributed by atoms with Gasteiger partial charge in [0.2, 0.25) is 0 Å². The summed E-state index contributed by atoms with van der Waals surface area (Å²) in [6, 6.07) is 3.71. The van der Waals surface area contributed by atoms with Crippen molar-refractivity contribution in [2.24, 2.45) is 0 Å². The molecule has 6 nitrogen and oxygen atoms in total. The average Bonchev–Trinajstić information content (AvgIpc) is 2.85. The fourth-order valence-corrected chi connectivity index (χ4v) is 1.77. The van der Waals surface area contributed by atoms with E-state index in [1.54, 1.807) is 0 Å². The highest BCUT2D eigenvalue weighted by atomic mass is 16.5. The number of hydrogen-bond acceptors (Lipinski definition) is 4. The predicted octanol–water partition coefficient (Wildman–Crippen LogP) is 1.21. The Hall–Kier alpha value is -2.08. The monoisotopic (exact) mass is 251 g/mol. The van der Waals surface area contributed by atoms with Gasteiger partial charge in [-0.25, -0.2) is 4.79 Å². The number of phenols is 1. The number of ether oxygens (including phenoxy) is 1. The summed E-state index contributed by atoms with van der Waals surface area (Å²) in [5, 5.41) is 20.9. The van der Waals surface area contributed by atoms with Crippen LogP contribution < -0.4 is 5.32 Å². The third kappa shape index (κ3) is 2.60. The van der Waals surface area contributed by atoms with Crippen LogP contribution in [0.15, 0.2) is 18.2 Å². The zero-order valence-corrected chi connectivity index (χ0v) is 9.55. The predicted molar refractivity (Wildman–Crippen MR) is 62.7 cm³/mol. The van der Waals surface area contributed by atoms with Crippen molar-refractivity contribution in [3.8, 4) is 5.75 Å². The van der Waals surface area contributed by atoms with Crippen LogP contribution in [0.3, 0.4) is 0 Å². The lowest BCUT2D eigenvalue weighted by atomic mass is 10.1. The first-order valence-corrected chi connectivity index (χ1v) is 5.56. The largest absolute Gasteiger partial charge is 0.506 e. The van der Waals surface area contributed by atoms with Crippen LogP contribution in [0.2, 0.25) is 0 Å². The Kier molecular flexibility index (Phi) is 3.47. The molecule has 0 aromatic heterocycles. The van der Waals surface area contributed by atoms with E-state index in [1.807, 2.05) is 0 Å². The maximum Gasteiger partial charge on any atom is 0.335 e. The quantitative estimate of drug-likeness (QED) is 0.702. The van der Waals surface area contributed by atoms with Gasteiger partial charge >= 0.3 is 5.97 Å². The summed E-state index contributed by atoms with van der Waals surface area (Å²) >= 11 is 0. The minimum absolute atomic E-state index is 0.00422. The molecule has 1 atom stereocenters. The molecule has 0 radical (unpaired) electrons. The first-order valence-electron chi connectivity index (χ1n) is 5.56. The van der Waals surface area contributed by atoms with Gasteiger partial charge in [0, 0.05) is 6.61 Å². The summed E-state index contributed by atoms with van der Waals surface area (Å²) in [5.74, 6) is -1.67. The molecule has 1 saturated heterocycles. The molecule has 0 saturated carbocycles. The van der Waals surface area contributed by atoms with Crippen LogP contribution in [-0.4, -0.2) is 34.8 Å². The lowest BCUT2D eigenvalue weighted by Gasteiger charge is -2.12. The molecule has 6 heteroatoms. The van der Waals surface area contributed by atoms with Crippen LogP contribution in [-0.2, 0) is 9.53 Å². The van der Waals surface area contributed by atoms with E-state index in [0.717, 1.165) is 6.42 Å². The standard InChI is InChI=1S/C12H13NO5/c14-9-4-3-7(12(16)17)6-8(9)13-11(15)10-2-1-5-18-10/h3-4,6,10,14H,1-2,5H2,(H,13,15)(H,16,17)/t10-/m1/s1. The number of nitrogens with one attached hydrogen (secondary N) is 1. The molecule has 1 aliphatic heterocycles. The molecule has 2 rings (SSSR count). The molecule has 1 fully saturated rings. The number of aromatic hydroxyl groups is 1. The molecule has 0 aliphatic carbocycles. The van der Waals surface area contributed by atoms with E-state index >= 15 is 0 Å². The molecule has 1 aromatic rings. The molecule has 0 spiro atoms. The Morgan fingerprint density at radius 3 is 2.78 bits per heavy atom. The van der Waals surface area contributed by atoms with Crippen LogP contribution in [0, 0.1) is 0 Å². The summed E-state index contributed by atoms with van der Waals surface area (Å²) < 4.78 is 5.19. The SMILES string of the molecule is O=C(O)c1ccc(O)c(NC(=O)[C@H]2CCCO2)c1. The Morgan fingerprint density at radius 2 is 2.17 bits per heavy atom. The van der Waals surface area contributed by atoms with E-state index in [0.29, 0.717) is 13.0 Å². The third-order valence-electron chi connectivity index (χ3n) is 2.72. The van der Waals surface area contributed by atoms with Gasteiger partial charge in [0.1, 0.15) is 11.9 Å². The maximum atomic E-state index is 11.8. The second kappa shape index (κ2) is 5.05. The lowest BCUT2D eigenvalue weighted by molar-refractivity contribution is -0.124. The molecular formula is C12H13NO5. The normalized spacial score (nSPS) is 18.6. The second-order valence-electron chi connectivity index (χ2n) is 4.03. The highest BCUT2D eigenvalue weighted by Crippen LogP contribution is 2.25. The molecule has 0 bridgehead atoms. The Balaban J connectivity index is 2.14. The highest BCUT2D eigenvalue weighted by Gasteiger charge is 2.24. The van der Waals surface area contributed by atoms with Gasteiger partial charge < -0.3 is 20.3 Å². The van der Waals surface area contributed by atoms with Gasteiger partial charge in [-0.2, -0.15) is 0 Å². The van der Waals surface area contributed by atoms with E-state index in [2.05, 4.69) is 5.32 Å². The van der Waals surface area contributed by atoms with Crippen LogP contribution in [0.4, 0.5) is 5.69 Å². The molecule has 1 aliphatic rings. The van der Waals surface area contributed by atoms with Gasteiger partial charge in [-0.15, -0.1) is 0 Å². The second-order valence-corrected chi connectivity index (χ2v) is 4.03. The molecule has 0 unspecified atom stereocenters. The van der Waals surface area contributed by atoms with Crippen molar-refractivity contribution in [1.82, 2.24) is 0 Å². The van der Waals surface area contributed by atoms with Gasteiger partial charge in [-0.3, -0.25) is 4.79 Å². The van der Waals surface area contributed by atoms with Crippen LogP contribution in [0.1, 0.15) is 23.2 Å². The number of phenolic OH excluding ortho intramolecular Hbond substituents is 1. The number of rotatable bonds is 3. The number of hydrogen-bond donors (Lipinski definition) is 3. The molecule has 1 heterocycles. The minimum atomic E-state index is -1.12. The fraction of sp³-hybridized carbons (Fsp3) is 0.333. The lowest BCUT2D eigenvalue weighted by Crippen LogP contribution is -2.26. The van der Waals surface area contributed by atoms with Crippen molar-refractivity contribution >= 4 is 17.6 Å². The van der Waals surface area contributed by atoms with Crippen molar-refractivity contribution in [2.75, 3.05) is 11.9 Å². The minimum Gasteiger partial charge on any atom is -0.506 e. The molecule has 1 aromatic carbocycles. The van der Waals surface area contributed by atoms with Gasteiger partial charge in [0.05, 0.1) is 11.3 Å². The van der Waals surface area contributed by atoms with Crippen molar-refractivity contribution in [1.29, 1.82) is 0 Å². The van der Waals surface area contributed by atoms with E-state index in [4.69, 9.17) is 9.84 Å². The van der Waals surface area contributed by atoms with Gasteiger partial charge in [-0.1, -0.05) is 0 Å². The average molecular weight is 251 g/mol. The number of carbonyl (C=O) groups excluding carboxylic acids is 1. The number of anilines is 1. The number of carboxylic acid groups (broad SMARTS) is 1. The number of carboxylic acids is 1. The summed E-state index contributed by atoms with van der Waals surface area (Å²) in [4.78, 5) is 22.5. The third-order valence-corrected chi connectivity index (χ3v) is 2.72. The molecule has 1 amide bonds.